The molecule has 1 saturated heterocycles. The van der Waals surface area contributed by atoms with E-state index in [1.807, 2.05) is 21.9 Å². The molecule has 1 N–H and O–H groups in total. The van der Waals surface area contributed by atoms with Gasteiger partial charge in [-0.3, -0.25) is 0 Å². The molecule has 2 aliphatic rings. The zero-order valence-electron chi connectivity index (χ0n) is 13.1. The molecule has 1 atom stereocenters. The largest absolute Gasteiger partial charge is 0.480 e. The molecule has 0 saturated carbocycles. The van der Waals surface area contributed by atoms with Gasteiger partial charge in [0.15, 0.2) is 0 Å². The fourth-order valence-corrected chi connectivity index (χ4v) is 3.36. The van der Waals surface area contributed by atoms with Crippen molar-refractivity contribution in [2.75, 3.05) is 26.3 Å². The zero-order valence-corrected chi connectivity index (χ0v) is 13.1. The number of carbonyl (C=O) groups excluding carboxylic acids is 1. The average molecular weight is 318 g/mol. The summed E-state index contributed by atoms with van der Waals surface area (Å²) in [6.45, 7) is 2.88. The van der Waals surface area contributed by atoms with E-state index in [4.69, 9.17) is 9.84 Å². The van der Waals surface area contributed by atoms with Crippen molar-refractivity contribution >= 4 is 12.0 Å². The normalized spacial score (nSPS) is 20.4. The summed E-state index contributed by atoms with van der Waals surface area (Å²) in [5.74, 6) is -0.736. The summed E-state index contributed by atoms with van der Waals surface area (Å²) in [6, 6.07) is 8.22. The monoisotopic (exact) mass is 318 g/mol. The van der Waals surface area contributed by atoms with Gasteiger partial charge in [-0.1, -0.05) is 24.3 Å². The second-order valence-corrected chi connectivity index (χ2v) is 6.27. The molecule has 0 spiro atoms. The number of hydrogen-bond acceptors (Lipinski definition) is 3. The molecule has 2 heterocycles. The first-order valence-electron chi connectivity index (χ1n) is 8.03. The third-order valence-electron chi connectivity index (χ3n) is 4.48. The Hall–Kier alpha value is -2.08. The summed E-state index contributed by atoms with van der Waals surface area (Å²) in [4.78, 5) is 27.0. The van der Waals surface area contributed by atoms with E-state index < -0.39 is 5.97 Å². The van der Waals surface area contributed by atoms with E-state index in [2.05, 4.69) is 12.1 Å². The lowest BCUT2D eigenvalue weighted by molar-refractivity contribution is -0.142. The second-order valence-electron chi connectivity index (χ2n) is 6.27. The van der Waals surface area contributed by atoms with Crippen LogP contribution in [0.2, 0.25) is 0 Å². The minimum Gasteiger partial charge on any atom is -0.480 e. The molecule has 3 rings (SSSR count). The lowest BCUT2D eigenvalue weighted by atomic mass is 9.99. The molecule has 0 radical (unpaired) electrons. The van der Waals surface area contributed by atoms with Crippen molar-refractivity contribution in [3.05, 3.63) is 35.4 Å². The SMILES string of the molecule is O=C(O)COCC1CCCN(C(=O)N2Cc3ccccc3C2)C1. The highest BCUT2D eigenvalue weighted by molar-refractivity contribution is 5.75. The third-order valence-corrected chi connectivity index (χ3v) is 4.48. The van der Waals surface area contributed by atoms with E-state index in [9.17, 15) is 9.59 Å². The maximum absolute atomic E-state index is 12.7. The van der Waals surface area contributed by atoms with Crippen LogP contribution < -0.4 is 0 Å². The van der Waals surface area contributed by atoms with E-state index >= 15 is 0 Å². The fraction of sp³-hybridized carbons (Fsp3) is 0.529. The van der Waals surface area contributed by atoms with Crippen molar-refractivity contribution in [2.45, 2.75) is 25.9 Å². The first-order valence-corrected chi connectivity index (χ1v) is 8.03. The number of urea groups is 1. The number of nitrogens with zero attached hydrogens (tertiary/aromatic N) is 2. The van der Waals surface area contributed by atoms with E-state index in [1.54, 1.807) is 0 Å². The number of rotatable bonds is 4. The van der Waals surface area contributed by atoms with Gasteiger partial charge in [0.1, 0.15) is 6.61 Å². The Labute approximate surface area is 135 Å². The van der Waals surface area contributed by atoms with Crippen LogP contribution in [0.3, 0.4) is 0 Å². The van der Waals surface area contributed by atoms with Crippen LogP contribution in [0.1, 0.15) is 24.0 Å². The third kappa shape index (κ3) is 3.82. The van der Waals surface area contributed by atoms with Gasteiger partial charge in [-0.25, -0.2) is 9.59 Å². The van der Waals surface area contributed by atoms with Crippen molar-refractivity contribution in [2.24, 2.45) is 5.92 Å². The first kappa shape index (κ1) is 15.8. The molecule has 2 amide bonds. The van der Waals surface area contributed by atoms with Crippen LogP contribution in [0.4, 0.5) is 4.79 Å². The molecule has 1 fully saturated rings. The number of likely N-dealkylation sites (tertiary alicyclic amines) is 1. The lowest BCUT2D eigenvalue weighted by Gasteiger charge is -2.35. The maximum atomic E-state index is 12.7. The van der Waals surface area contributed by atoms with Gasteiger partial charge in [0.2, 0.25) is 0 Å². The predicted octanol–water partition coefficient (Wildman–Crippen LogP) is 1.94. The summed E-state index contributed by atoms with van der Waals surface area (Å²) in [5.41, 5.74) is 2.44. The van der Waals surface area contributed by atoms with Crippen LogP contribution in [0.15, 0.2) is 24.3 Å². The Bertz CT molecular complexity index is 565. The molecule has 1 aromatic carbocycles. The van der Waals surface area contributed by atoms with Gasteiger partial charge >= 0.3 is 12.0 Å². The first-order chi connectivity index (χ1) is 11.1. The molecule has 6 heteroatoms. The van der Waals surface area contributed by atoms with Crippen LogP contribution in [0.5, 0.6) is 0 Å². The number of fused-ring (bicyclic) bond motifs is 1. The van der Waals surface area contributed by atoms with Gasteiger partial charge in [-0.05, 0) is 24.0 Å². The molecule has 1 unspecified atom stereocenters. The van der Waals surface area contributed by atoms with Crippen molar-refractivity contribution in [1.29, 1.82) is 0 Å². The highest BCUT2D eigenvalue weighted by Gasteiger charge is 2.30. The molecule has 0 bridgehead atoms. The summed E-state index contributed by atoms with van der Waals surface area (Å²) < 4.78 is 5.19. The Balaban J connectivity index is 1.53. The molecule has 2 aliphatic heterocycles. The van der Waals surface area contributed by atoms with Crippen LogP contribution >= 0.6 is 0 Å². The minimum absolute atomic E-state index is 0.0733. The number of aliphatic carboxylic acids is 1. The van der Waals surface area contributed by atoms with Crippen molar-refractivity contribution in [1.82, 2.24) is 9.80 Å². The summed E-state index contributed by atoms with van der Waals surface area (Å²) in [6.07, 6.45) is 1.91. The molecule has 0 aromatic heterocycles. The van der Waals surface area contributed by atoms with Crippen molar-refractivity contribution in [3.8, 4) is 0 Å². The summed E-state index contributed by atoms with van der Waals surface area (Å²) >= 11 is 0. The van der Waals surface area contributed by atoms with Gasteiger partial charge in [0.05, 0.1) is 6.61 Å². The predicted molar refractivity (Wildman–Crippen MR) is 83.8 cm³/mol. The van der Waals surface area contributed by atoms with Crippen LogP contribution in [-0.4, -0.2) is 53.2 Å². The zero-order chi connectivity index (χ0) is 16.2. The standard InChI is InChI=1S/C17H22N2O4/c20-16(21)12-23-11-13-4-3-7-18(8-13)17(22)19-9-14-5-1-2-6-15(14)10-19/h1-2,5-6,13H,3-4,7-12H2,(H,20,21). The fourth-order valence-electron chi connectivity index (χ4n) is 3.36. The summed E-state index contributed by atoms with van der Waals surface area (Å²) in [7, 11) is 0. The Kier molecular flexibility index (Phi) is 4.81. The summed E-state index contributed by atoms with van der Waals surface area (Å²) in [5, 5.41) is 8.62. The number of ether oxygens (including phenoxy) is 1. The number of carbonyl (C=O) groups is 2. The van der Waals surface area contributed by atoms with Crippen LogP contribution in [0.25, 0.3) is 0 Å². The maximum Gasteiger partial charge on any atom is 0.329 e. The number of carboxylic acids is 1. The number of piperidine rings is 1. The quantitative estimate of drug-likeness (QED) is 0.921. The molecular weight excluding hydrogens is 296 g/mol. The van der Waals surface area contributed by atoms with E-state index in [0.29, 0.717) is 26.2 Å². The number of amides is 2. The Morgan fingerprint density at radius 3 is 2.52 bits per heavy atom. The average Bonchev–Trinajstić information content (AvgIpc) is 2.98. The second kappa shape index (κ2) is 7.00. The topological polar surface area (TPSA) is 70.1 Å². The van der Waals surface area contributed by atoms with Gasteiger partial charge < -0.3 is 19.6 Å². The van der Waals surface area contributed by atoms with Gasteiger partial charge in [0, 0.05) is 32.1 Å². The highest BCUT2D eigenvalue weighted by atomic mass is 16.5. The van der Waals surface area contributed by atoms with Gasteiger partial charge in [-0.2, -0.15) is 0 Å². The molecule has 23 heavy (non-hydrogen) atoms. The molecule has 124 valence electrons. The highest BCUT2D eigenvalue weighted by Crippen LogP contribution is 2.25. The van der Waals surface area contributed by atoms with E-state index in [1.165, 1.54) is 11.1 Å². The van der Waals surface area contributed by atoms with Crippen molar-refractivity contribution in [3.63, 3.8) is 0 Å². The van der Waals surface area contributed by atoms with Gasteiger partial charge in [0.25, 0.3) is 0 Å². The van der Waals surface area contributed by atoms with Gasteiger partial charge in [-0.15, -0.1) is 0 Å². The number of carboxylic acid groups (broad SMARTS) is 1. The van der Waals surface area contributed by atoms with E-state index in [-0.39, 0.29) is 18.6 Å². The molecule has 6 nitrogen and oxygen atoms in total. The van der Waals surface area contributed by atoms with E-state index in [0.717, 1.165) is 19.4 Å². The number of hydrogen-bond donors (Lipinski definition) is 1. The Morgan fingerprint density at radius 2 is 1.87 bits per heavy atom. The smallest absolute Gasteiger partial charge is 0.329 e. The van der Waals surface area contributed by atoms with Crippen LogP contribution in [-0.2, 0) is 22.6 Å². The van der Waals surface area contributed by atoms with Crippen LogP contribution in [0, 0.1) is 5.92 Å². The lowest BCUT2D eigenvalue weighted by Crippen LogP contribution is -2.46. The number of benzene rings is 1. The van der Waals surface area contributed by atoms with Crippen molar-refractivity contribution < 1.29 is 19.4 Å². The molecule has 1 aromatic rings. The minimum atomic E-state index is -0.955. The Morgan fingerprint density at radius 1 is 1.17 bits per heavy atom. The molecule has 0 aliphatic carbocycles. The molecular formula is C17H22N2O4.